The van der Waals surface area contributed by atoms with Gasteiger partial charge in [0.15, 0.2) is 5.78 Å². The minimum atomic E-state index is -0.611. The molecule has 0 spiro atoms. The van der Waals surface area contributed by atoms with Crippen LogP contribution in [0.2, 0.25) is 0 Å². The smallest absolute Gasteiger partial charge is 0.348 e. The van der Waals surface area contributed by atoms with Gasteiger partial charge in [-0.2, -0.15) is 5.26 Å². The minimum absolute atomic E-state index is 0.0397. The van der Waals surface area contributed by atoms with Crippen LogP contribution in [0.3, 0.4) is 0 Å². The molecule has 194 valence electrons. The molecule has 4 rings (SSSR count). The summed E-state index contributed by atoms with van der Waals surface area (Å²) in [5.41, 5.74) is 3.48. The van der Waals surface area contributed by atoms with E-state index in [1.807, 2.05) is 36.4 Å². The van der Waals surface area contributed by atoms with Gasteiger partial charge in [0, 0.05) is 39.6 Å². The maximum Gasteiger partial charge on any atom is 0.348 e. The van der Waals surface area contributed by atoms with Crippen molar-refractivity contribution in [3.05, 3.63) is 74.5 Å². The Morgan fingerprint density at radius 3 is 2.34 bits per heavy atom. The Bertz CT molecular complexity index is 1630. The number of benzene rings is 2. The van der Waals surface area contributed by atoms with Gasteiger partial charge in [0.2, 0.25) is 0 Å². The number of rotatable bonds is 9. The molecule has 2 aromatic heterocycles. The van der Waals surface area contributed by atoms with Crippen molar-refractivity contribution in [2.75, 3.05) is 13.2 Å². The molecule has 0 fully saturated rings. The zero-order valence-electron chi connectivity index (χ0n) is 21.8. The summed E-state index contributed by atoms with van der Waals surface area (Å²) in [4.78, 5) is 39.0. The predicted octanol–water partition coefficient (Wildman–Crippen LogP) is 6.26. The summed E-state index contributed by atoms with van der Waals surface area (Å²) in [5, 5.41) is 12.0. The molecule has 0 N–H and O–H groups in total. The third-order valence-corrected chi connectivity index (χ3v) is 7.60. The normalized spacial score (nSPS) is 11.5. The van der Waals surface area contributed by atoms with Crippen LogP contribution >= 0.6 is 11.3 Å². The van der Waals surface area contributed by atoms with E-state index < -0.39 is 17.7 Å². The van der Waals surface area contributed by atoms with E-state index in [2.05, 4.69) is 23.6 Å². The molecule has 0 bridgehead atoms. The third-order valence-electron chi connectivity index (χ3n) is 6.33. The Morgan fingerprint density at radius 1 is 0.974 bits per heavy atom. The van der Waals surface area contributed by atoms with Gasteiger partial charge in [-0.05, 0) is 63.1 Å². The van der Waals surface area contributed by atoms with Crippen molar-refractivity contribution in [3.63, 3.8) is 0 Å². The number of fused-ring (bicyclic) bond motifs is 3. The van der Waals surface area contributed by atoms with E-state index >= 15 is 0 Å². The lowest BCUT2D eigenvalue weighted by Crippen LogP contribution is -2.12. The van der Waals surface area contributed by atoms with Crippen LogP contribution < -0.4 is 0 Å². The molecule has 0 aliphatic carbocycles. The summed E-state index contributed by atoms with van der Waals surface area (Å²) in [6.45, 7) is 8.25. The SMILES string of the molecule is CCOC(=O)c1sc(CC(=O)C(C#N)=Cc2ccc3c(c2)c2ccccc2n3CC)c(C(=O)OCC)c1C. The molecule has 2 heterocycles. The van der Waals surface area contributed by atoms with Gasteiger partial charge in [0.25, 0.3) is 0 Å². The van der Waals surface area contributed by atoms with Crippen LogP contribution in [0.5, 0.6) is 0 Å². The fourth-order valence-electron chi connectivity index (χ4n) is 4.64. The van der Waals surface area contributed by atoms with Gasteiger partial charge in [-0.25, -0.2) is 9.59 Å². The molecule has 0 atom stereocenters. The van der Waals surface area contributed by atoms with Crippen molar-refractivity contribution >= 4 is 56.9 Å². The number of hydrogen-bond donors (Lipinski definition) is 0. The molecule has 0 saturated carbocycles. The number of esters is 2. The fraction of sp³-hybridized carbons (Fsp3) is 0.267. The van der Waals surface area contributed by atoms with Crippen LogP contribution in [0.25, 0.3) is 27.9 Å². The molecular formula is C30H28N2O5S. The topological polar surface area (TPSA) is 98.4 Å². The average Bonchev–Trinajstić information content (AvgIpc) is 3.41. The van der Waals surface area contributed by atoms with Crippen LogP contribution in [-0.4, -0.2) is 35.5 Å². The Hall–Kier alpha value is -4.22. The number of aromatic nitrogens is 1. The number of nitriles is 1. The summed E-state index contributed by atoms with van der Waals surface area (Å²) >= 11 is 1.02. The molecule has 0 unspecified atom stereocenters. The number of carbonyl (C=O) groups excluding carboxylic acids is 3. The van der Waals surface area contributed by atoms with Crippen molar-refractivity contribution in [1.29, 1.82) is 5.26 Å². The molecule has 0 saturated heterocycles. The molecule has 0 aliphatic rings. The van der Waals surface area contributed by atoms with Gasteiger partial charge < -0.3 is 14.0 Å². The Morgan fingerprint density at radius 2 is 1.66 bits per heavy atom. The van der Waals surface area contributed by atoms with Crippen molar-refractivity contribution in [1.82, 2.24) is 4.57 Å². The minimum Gasteiger partial charge on any atom is -0.462 e. The Labute approximate surface area is 224 Å². The maximum atomic E-state index is 13.3. The second kappa shape index (κ2) is 11.4. The molecule has 0 aliphatic heterocycles. The highest BCUT2D eigenvalue weighted by Crippen LogP contribution is 2.32. The Balaban J connectivity index is 1.71. The van der Waals surface area contributed by atoms with Crippen LogP contribution in [0.4, 0.5) is 0 Å². The van der Waals surface area contributed by atoms with Crippen LogP contribution in [0, 0.1) is 18.3 Å². The highest BCUT2D eigenvalue weighted by molar-refractivity contribution is 7.14. The number of para-hydroxylation sites is 1. The molecule has 7 nitrogen and oxygen atoms in total. The first-order chi connectivity index (χ1) is 18.3. The van der Waals surface area contributed by atoms with Crippen molar-refractivity contribution in [3.8, 4) is 6.07 Å². The fourth-order valence-corrected chi connectivity index (χ4v) is 5.83. The van der Waals surface area contributed by atoms with Crippen molar-refractivity contribution in [2.24, 2.45) is 0 Å². The molecule has 0 amide bonds. The summed E-state index contributed by atoms with van der Waals surface area (Å²) in [6, 6.07) is 16.0. The zero-order chi connectivity index (χ0) is 27.4. The third kappa shape index (κ3) is 4.98. The average molecular weight is 529 g/mol. The van der Waals surface area contributed by atoms with Gasteiger partial charge in [-0.15, -0.1) is 11.3 Å². The van der Waals surface area contributed by atoms with Gasteiger partial charge in [0.05, 0.1) is 24.4 Å². The molecule has 2 aromatic carbocycles. The first-order valence-electron chi connectivity index (χ1n) is 12.5. The van der Waals surface area contributed by atoms with E-state index in [9.17, 15) is 19.6 Å². The molecule has 0 radical (unpaired) electrons. The standard InChI is InChI=1S/C30H28N2O5S/c1-5-32-23-11-9-8-10-21(23)22-15-19(12-13-24(22)32)14-20(17-31)25(33)16-26-27(29(34)36-6-2)18(4)28(38-26)30(35)37-7-3/h8-15H,5-7,16H2,1-4H3. The first kappa shape index (κ1) is 26.8. The molecule has 8 heteroatoms. The predicted molar refractivity (Wildman–Crippen MR) is 148 cm³/mol. The van der Waals surface area contributed by atoms with E-state index in [-0.39, 0.29) is 35.6 Å². The number of aryl methyl sites for hydroxylation is 1. The summed E-state index contributed by atoms with van der Waals surface area (Å²) in [6.07, 6.45) is 1.35. The molecule has 4 aromatic rings. The molecule has 38 heavy (non-hydrogen) atoms. The Kier molecular flexibility index (Phi) is 8.08. The second-order valence-electron chi connectivity index (χ2n) is 8.60. The molecular weight excluding hydrogens is 500 g/mol. The lowest BCUT2D eigenvalue weighted by Gasteiger charge is -2.05. The number of hydrogen-bond acceptors (Lipinski definition) is 7. The van der Waals surface area contributed by atoms with E-state index in [1.54, 1.807) is 26.8 Å². The van der Waals surface area contributed by atoms with E-state index in [0.29, 0.717) is 10.4 Å². The van der Waals surface area contributed by atoms with E-state index in [0.717, 1.165) is 45.3 Å². The quantitative estimate of drug-likeness (QED) is 0.145. The summed E-state index contributed by atoms with van der Waals surface area (Å²) < 4.78 is 12.5. The van der Waals surface area contributed by atoms with Gasteiger partial charge in [-0.1, -0.05) is 24.3 Å². The van der Waals surface area contributed by atoms with Crippen molar-refractivity contribution < 1.29 is 23.9 Å². The van der Waals surface area contributed by atoms with Gasteiger partial charge in [-0.3, -0.25) is 4.79 Å². The lowest BCUT2D eigenvalue weighted by atomic mass is 10.0. The van der Waals surface area contributed by atoms with Gasteiger partial charge >= 0.3 is 11.9 Å². The number of Topliss-reactive ketones (excluding diaryl/α,β-unsaturated/α-hetero) is 1. The summed E-state index contributed by atoms with van der Waals surface area (Å²) in [5.74, 6) is -1.62. The number of thiophene rings is 1. The number of carbonyl (C=O) groups is 3. The largest absolute Gasteiger partial charge is 0.462 e. The number of nitrogens with zero attached hydrogens (tertiary/aromatic N) is 2. The zero-order valence-corrected chi connectivity index (χ0v) is 22.6. The van der Waals surface area contributed by atoms with E-state index in [1.165, 1.54) is 0 Å². The highest BCUT2D eigenvalue weighted by Gasteiger charge is 2.28. The second-order valence-corrected chi connectivity index (χ2v) is 9.71. The number of ether oxygens (including phenoxy) is 2. The van der Waals surface area contributed by atoms with Crippen LogP contribution in [-0.2, 0) is 27.2 Å². The highest BCUT2D eigenvalue weighted by atomic mass is 32.1. The number of ketones is 1. The number of allylic oxidation sites excluding steroid dienone is 1. The summed E-state index contributed by atoms with van der Waals surface area (Å²) in [7, 11) is 0. The van der Waals surface area contributed by atoms with Crippen LogP contribution in [0.15, 0.2) is 48.0 Å². The monoisotopic (exact) mass is 528 g/mol. The maximum absolute atomic E-state index is 13.3. The lowest BCUT2D eigenvalue weighted by molar-refractivity contribution is -0.114. The van der Waals surface area contributed by atoms with Crippen molar-refractivity contribution in [2.45, 2.75) is 40.7 Å². The first-order valence-corrected chi connectivity index (χ1v) is 13.3. The van der Waals surface area contributed by atoms with E-state index in [4.69, 9.17) is 9.47 Å². The van der Waals surface area contributed by atoms with Gasteiger partial charge in [0.1, 0.15) is 10.9 Å². The van der Waals surface area contributed by atoms with Crippen LogP contribution in [0.1, 0.15) is 56.8 Å².